The highest BCUT2D eigenvalue weighted by atomic mass is 16.5. The quantitative estimate of drug-likeness (QED) is 0.525. The van der Waals surface area contributed by atoms with Crippen molar-refractivity contribution in [3.8, 4) is 11.5 Å². The smallest absolute Gasteiger partial charge is 0.351 e. The summed E-state index contributed by atoms with van der Waals surface area (Å²) in [5, 5.41) is 0.605. The van der Waals surface area contributed by atoms with E-state index in [1.165, 1.54) is 13.2 Å². The summed E-state index contributed by atoms with van der Waals surface area (Å²) >= 11 is 0. The third-order valence-corrected chi connectivity index (χ3v) is 3.65. The van der Waals surface area contributed by atoms with Gasteiger partial charge in [-0.3, -0.25) is 0 Å². The molecule has 6 heteroatoms. The Hall–Kier alpha value is -3.28. The Kier molecular flexibility index (Phi) is 4.70. The number of methoxy groups -OCH3 is 2. The molecule has 0 atom stereocenters. The molecule has 0 saturated carbocycles. The molecule has 6 nitrogen and oxygen atoms in total. The van der Waals surface area contributed by atoms with Crippen LogP contribution in [0.4, 0.5) is 0 Å². The third kappa shape index (κ3) is 3.63. The molecule has 0 aliphatic rings. The lowest BCUT2D eigenvalue weighted by Crippen LogP contribution is -2.14. The first-order valence-corrected chi connectivity index (χ1v) is 7.52. The molecule has 0 unspecified atom stereocenters. The minimum absolute atomic E-state index is 0.139. The van der Waals surface area contributed by atoms with Crippen molar-refractivity contribution in [2.24, 2.45) is 0 Å². The Morgan fingerprint density at radius 1 is 1.04 bits per heavy atom. The van der Waals surface area contributed by atoms with Crippen molar-refractivity contribution in [3.05, 3.63) is 70.1 Å². The average Bonchev–Trinajstić information content (AvgIpc) is 2.65. The molecule has 0 saturated heterocycles. The zero-order valence-corrected chi connectivity index (χ0v) is 13.8. The van der Waals surface area contributed by atoms with Crippen molar-refractivity contribution < 1.29 is 23.4 Å². The van der Waals surface area contributed by atoms with Crippen LogP contribution in [0, 0.1) is 0 Å². The lowest BCUT2D eigenvalue weighted by Gasteiger charge is -2.08. The molecule has 2 aromatic carbocycles. The minimum atomic E-state index is -0.746. The number of fused-ring (bicyclic) bond motifs is 1. The second-order valence-corrected chi connectivity index (χ2v) is 5.28. The first-order chi connectivity index (χ1) is 12.1. The van der Waals surface area contributed by atoms with Crippen LogP contribution < -0.4 is 15.1 Å². The molecule has 25 heavy (non-hydrogen) atoms. The second-order valence-electron chi connectivity index (χ2n) is 5.28. The largest absolute Gasteiger partial charge is 0.497 e. The summed E-state index contributed by atoms with van der Waals surface area (Å²) in [6.45, 7) is 0.340. The van der Waals surface area contributed by atoms with Crippen LogP contribution in [0.3, 0.4) is 0 Å². The molecule has 0 aliphatic carbocycles. The highest BCUT2D eigenvalue weighted by Gasteiger charge is 2.14. The molecular formula is C19H16O6. The standard InChI is InChI=1S/C19H16O6/c1-22-14-5-3-4-12(8-14)11-24-15-7-6-13-9-16(18(20)23-2)19(21)25-17(13)10-15/h3-10H,11H2,1-2H3. The molecule has 1 aromatic heterocycles. The summed E-state index contributed by atoms with van der Waals surface area (Å²) in [4.78, 5) is 23.4. The van der Waals surface area contributed by atoms with E-state index in [4.69, 9.17) is 13.9 Å². The van der Waals surface area contributed by atoms with Gasteiger partial charge in [0.1, 0.15) is 29.3 Å². The van der Waals surface area contributed by atoms with Crippen LogP contribution in [0.2, 0.25) is 0 Å². The van der Waals surface area contributed by atoms with Gasteiger partial charge >= 0.3 is 11.6 Å². The van der Waals surface area contributed by atoms with Crippen molar-refractivity contribution in [3.63, 3.8) is 0 Å². The van der Waals surface area contributed by atoms with Crippen LogP contribution in [0.15, 0.2) is 57.7 Å². The van der Waals surface area contributed by atoms with Gasteiger partial charge in [-0.2, -0.15) is 0 Å². The van der Waals surface area contributed by atoms with Crippen LogP contribution >= 0.6 is 0 Å². The lowest BCUT2D eigenvalue weighted by molar-refractivity contribution is 0.0596. The van der Waals surface area contributed by atoms with Crippen LogP contribution in [0.25, 0.3) is 11.0 Å². The van der Waals surface area contributed by atoms with Gasteiger partial charge in [-0.25, -0.2) is 9.59 Å². The number of carbonyl (C=O) groups excluding carboxylic acids is 1. The fraction of sp³-hybridized carbons (Fsp3) is 0.158. The molecule has 0 bridgehead atoms. The Morgan fingerprint density at radius 2 is 1.88 bits per heavy atom. The maximum absolute atomic E-state index is 11.9. The summed E-state index contributed by atoms with van der Waals surface area (Å²) in [5.74, 6) is 0.569. The molecule has 3 aromatic rings. The molecule has 0 fully saturated rings. The van der Waals surface area contributed by atoms with E-state index >= 15 is 0 Å². The number of ether oxygens (including phenoxy) is 3. The Bertz CT molecular complexity index is 973. The van der Waals surface area contributed by atoms with E-state index in [1.807, 2.05) is 24.3 Å². The van der Waals surface area contributed by atoms with Gasteiger partial charge in [0.15, 0.2) is 0 Å². The van der Waals surface area contributed by atoms with E-state index in [1.54, 1.807) is 25.3 Å². The maximum atomic E-state index is 11.9. The summed E-state index contributed by atoms with van der Waals surface area (Å²) < 4.78 is 20.7. The number of benzene rings is 2. The molecule has 0 spiro atoms. The Morgan fingerprint density at radius 3 is 2.64 bits per heavy atom. The molecule has 3 rings (SSSR count). The number of hydrogen-bond acceptors (Lipinski definition) is 6. The van der Waals surface area contributed by atoms with Crippen molar-refractivity contribution in [2.45, 2.75) is 6.61 Å². The summed E-state index contributed by atoms with van der Waals surface area (Å²) in [7, 11) is 2.81. The minimum Gasteiger partial charge on any atom is -0.497 e. The normalized spacial score (nSPS) is 10.5. The monoisotopic (exact) mass is 340 g/mol. The second kappa shape index (κ2) is 7.09. The highest BCUT2D eigenvalue weighted by Crippen LogP contribution is 2.22. The van der Waals surface area contributed by atoms with E-state index in [2.05, 4.69) is 4.74 Å². The molecule has 1 heterocycles. The summed E-state index contributed by atoms with van der Waals surface area (Å²) in [6.07, 6.45) is 0. The predicted octanol–water partition coefficient (Wildman–Crippen LogP) is 3.17. The van der Waals surface area contributed by atoms with Gasteiger partial charge in [0.25, 0.3) is 0 Å². The fourth-order valence-electron chi connectivity index (χ4n) is 2.36. The third-order valence-electron chi connectivity index (χ3n) is 3.65. The van der Waals surface area contributed by atoms with Crippen LogP contribution in [0.5, 0.6) is 11.5 Å². The SMILES string of the molecule is COC(=O)c1cc2ccc(OCc3cccc(OC)c3)cc2oc1=O. The lowest BCUT2D eigenvalue weighted by atomic mass is 10.2. The van der Waals surface area contributed by atoms with Crippen molar-refractivity contribution >= 4 is 16.9 Å². The number of rotatable bonds is 5. The zero-order chi connectivity index (χ0) is 17.8. The van der Waals surface area contributed by atoms with E-state index in [0.717, 1.165) is 11.3 Å². The Balaban J connectivity index is 1.83. The zero-order valence-electron chi connectivity index (χ0n) is 13.8. The van der Waals surface area contributed by atoms with Gasteiger partial charge in [-0.05, 0) is 35.9 Å². The summed E-state index contributed by atoms with van der Waals surface area (Å²) in [6, 6.07) is 14.0. The first-order valence-electron chi connectivity index (χ1n) is 7.52. The van der Waals surface area contributed by atoms with Gasteiger partial charge in [0.05, 0.1) is 14.2 Å². The van der Waals surface area contributed by atoms with Crippen molar-refractivity contribution in [1.29, 1.82) is 0 Å². The first kappa shape index (κ1) is 16.6. The van der Waals surface area contributed by atoms with E-state index < -0.39 is 11.6 Å². The van der Waals surface area contributed by atoms with Gasteiger partial charge in [-0.15, -0.1) is 0 Å². The molecule has 0 amide bonds. The number of esters is 1. The van der Waals surface area contributed by atoms with Gasteiger partial charge in [0, 0.05) is 11.5 Å². The van der Waals surface area contributed by atoms with Gasteiger partial charge in [-0.1, -0.05) is 12.1 Å². The van der Waals surface area contributed by atoms with E-state index in [-0.39, 0.29) is 5.56 Å². The van der Waals surface area contributed by atoms with Gasteiger partial charge < -0.3 is 18.6 Å². The van der Waals surface area contributed by atoms with E-state index in [0.29, 0.717) is 23.3 Å². The van der Waals surface area contributed by atoms with Crippen LogP contribution in [-0.4, -0.2) is 20.2 Å². The van der Waals surface area contributed by atoms with Crippen LogP contribution in [0.1, 0.15) is 15.9 Å². The predicted molar refractivity (Wildman–Crippen MR) is 91.1 cm³/mol. The molecular weight excluding hydrogens is 324 g/mol. The average molecular weight is 340 g/mol. The molecule has 0 radical (unpaired) electrons. The maximum Gasteiger partial charge on any atom is 0.351 e. The van der Waals surface area contributed by atoms with Crippen molar-refractivity contribution in [2.75, 3.05) is 14.2 Å². The summed E-state index contributed by atoms with van der Waals surface area (Å²) in [5.41, 5.74) is 0.395. The van der Waals surface area contributed by atoms with Crippen molar-refractivity contribution in [1.82, 2.24) is 0 Å². The van der Waals surface area contributed by atoms with Gasteiger partial charge in [0.2, 0.25) is 0 Å². The fourth-order valence-corrected chi connectivity index (χ4v) is 2.36. The van der Waals surface area contributed by atoms with E-state index in [9.17, 15) is 9.59 Å². The number of carbonyl (C=O) groups is 1. The van der Waals surface area contributed by atoms with Crippen LogP contribution in [-0.2, 0) is 11.3 Å². The molecule has 0 N–H and O–H groups in total. The molecule has 0 aliphatic heterocycles. The number of hydrogen-bond donors (Lipinski definition) is 0. The molecule has 128 valence electrons. The highest BCUT2D eigenvalue weighted by molar-refractivity contribution is 5.92. The topological polar surface area (TPSA) is 75.0 Å². The Labute approximate surface area is 143 Å².